The first-order valence-electron chi connectivity index (χ1n) is 6.93. The minimum absolute atomic E-state index is 0.0143. The van der Waals surface area contributed by atoms with E-state index in [1.54, 1.807) is 0 Å². The van der Waals surface area contributed by atoms with Crippen LogP contribution in [0.15, 0.2) is 28.0 Å². The van der Waals surface area contributed by atoms with E-state index in [9.17, 15) is 31.3 Å². The van der Waals surface area contributed by atoms with E-state index < -0.39 is 47.6 Å². The van der Waals surface area contributed by atoms with Gasteiger partial charge in [-0.05, 0) is 32.0 Å². The van der Waals surface area contributed by atoms with Gasteiger partial charge < -0.3 is 9.84 Å². The highest BCUT2D eigenvalue weighted by Crippen LogP contribution is 2.30. The zero-order chi connectivity index (χ0) is 19.9. The molecule has 0 bridgehead atoms. The molecule has 2 rings (SSSR count). The molecule has 11 nitrogen and oxygen atoms in total. The third kappa shape index (κ3) is 3.70. The lowest BCUT2D eigenvalue weighted by Gasteiger charge is -2.10. The summed E-state index contributed by atoms with van der Waals surface area (Å²) in [6.45, 7) is 2.85. The fourth-order valence-corrected chi connectivity index (χ4v) is 3.24. The average molecular weight is 406 g/mol. The highest BCUT2D eigenvalue weighted by atomic mass is 32.2. The Kier molecular flexibility index (Phi) is 5.10. The molecule has 0 radical (unpaired) electrons. The van der Waals surface area contributed by atoms with Gasteiger partial charge in [0.25, 0.3) is 20.2 Å². The van der Waals surface area contributed by atoms with Crippen molar-refractivity contribution < 1.29 is 40.6 Å². The maximum atomic E-state index is 11.9. The molecule has 0 unspecified atom stereocenters. The summed E-state index contributed by atoms with van der Waals surface area (Å²) in [5.41, 5.74) is -1.01. The molecule has 1 aromatic carbocycles. The van der Waals surface area contributed by atoms with Crippen LogP contribution in [0, 0.1) is 6.92 Å². The molecule has 0 amide bonds. The van der Waals surface area contributed by atoms with Gasteiger partial charge in [-0.1, -0.05) is 0 Å². The number of hydrogen-bond acceptors (Lipinski definition) is 8. The Balaban J connectivity index is 2.82. The largest absolute Gasteiger partial charge is 0.493 e. The Labute approximate surface area is 148 Å². The quantitative estimate of drug-likeness (QED) is 0.470. The van der Waals surface area contributed by atoms with Crippen molar-refractivity contribution in [3.8, 4) is 11.6 Å². The molecule has 13 heteroatoms. The Bertz CT molecular complexity index is 1090. The number of carbonyl (C=O) groups excluding carboxylic acids is 1. The van der Waals surface area contributed by atoms with Crippen LogP contribution in [0.25, 0.3) is 5.69 Å². The first kappa shape index (κ1) is 19.8. The second-order valence-corrected chi connectivity index (χ2v) is 7.82. The molecule has 0 aliphatic heterocycles. The lowest BCUT2D eigenvalue weighted by molar-refractivity contribution is 0.0518. The van der Waals surface area contributed by atoms with Gasteiger partial charge in [0, 0.05) is 5.56 Å². The lowest BCUT2D eigenvalue weighted by Crippen LogP contribution is -2.11. The van der Waals surface area contributed by atoms with Gasteiger partial charge >= 0.3 is 5.97 Å². The van der Waals surface area contributed by atoms with Crippen molar-refractivity contribution in [3.05, 3.63) is 29.5 Å². The minimum Gasteiger partial charge on any atom is -0.493 e. The van der Waals surface area contributed by atoms with Gasteiger partial charge in [0.05, 0.1) is 17.2 Å². The zero-order valence-electron chi connectivity index (χ0n) is 13.4. The van der Waals surface area contributed by atoms with Gasteiger partial charge in [-0.25, -0.2) is 4.79 Å². The molecule has 1 aromatic heterocycles. The van der Waals surface area contributed by atoms with Crippen LogP contribution in [0.5, 0.6) is 5.88 Å². The molecular weight excluding hydrogens is 392 g/mol. The summed E-state index contributed by atoms with van der Waals surface area (Å²) < 4.78 is 69.5. The number of aromatic nitrogens is 2. The fourth-order valence-electron chi connectivity index (χ4n) is 2.09. The van der Waals surface area contributed by atoms with Gasteiger partial charge in [0.15, 0.2) is 5.69 Å². The molecule has 0 saturated carbocycles. The summed E-state index contributed by atoms with van der Waals surface area (Å²) in [7, 11) is -9.59. The van der Waals surface area contributed by atoms with Crippen LogP contribution in [0.3, 0.4) is 0 Å². The molecule has 2 aromatic rings. The first-order chi connectivity index (χ1) is 11.9. The summed E-state index contributed by atoms with van der Waals surface area (Å²) in [5, 5.41) is 13.9. The normalized spacial score (nSPS) is 12.2. The van der Waals surface area contributed by atoms with Crippen LogP contribution in [0.2, 0.25) is 0 Å². The third-order valence-corrected chi connectivity index (χ3v) is 5.05. The van der Waals surface area contributed by atoms with Crippen molar-refractivity contribution in [2.24, 2.45) is 0 Å². The predicted octanol–water partition coefficient (Wildman–Crippen LogP) is 0.556. The highest BCUT2D eigenvalue weighted by Gasteiger charge is 2.27. The van der Waals surface area contributed by atoms with Crippen LogP contribution < -0.4 is 0 Å². The van der Waals surface area contributed by atoms with E-state index in [1.807, 2.05) is 0 Å². The number of rotatable bonds is 5. The Morgan fingerprint density at radius 2 is 1.81 bits per heavy atom. The van der Waals surface area contributed by atoms with Crippen molar-refractivity contribution in [3.63, 3.8) is 0 Å². The molecule has 0 atom stereocenters. The van der Waals surface area contributed by atoms with E-state index in [4.69, 9.17) is 9.29 Å². The molecule has 142 valence electrons. The maximum Gasteiger partial charge on any atom is 0.359 e. The Morgan fingerprint density at radius 3 is 2.31 bits per heavy atom. The van der Waals surface area contributed by atoms with Gasteiger partial charge in [0.1, 0.15) is 4.90 Å². The van der Waals surface area contributed by atoms with Gasteiger partial charge in [-0.2, -0.15) is 26.6 Å². The van der Waals surface area contributed by atoms with Crippen LogP contribution >= 0.6 is 0 Å². The van der Waals surface area contributed by atoms with E-state index in [1.165, 1.54) is 13.8 Å². The zero-order valence-corrected chi connectivity index (χ0v) is 15.1. The number of aromatic hydroxyl groups is 1. The van der Waals surface area contributed by atoms with Crippen LogP contribution in [-0.4, -0.2) is 53.4 Å². The number of ether oxygens (including phenoxy) is 1. The van der Waals surface area contributed by atoms with Crippen LogP contribution in [0.1, 0.15) is 23.0 Å². The third-order valence-electron chi connectivity index (χ3n) is 3.29. The molecule has 0 saturated heterocycles. The van der Waals surface area contributed by atoms with Crippen molar-refractivity contribution >= 4 is 26.2 Å². The van der Waals surface area contributed by atoms with Crippen molar-refractivity contribution in [1.82, 2.24) is 9.78 Å². The topological polar surface area (TPSA) is 173 Å². The van der Waals surface area contributed by atoms with Crippen molar-refractivity contribution in [2.45, 2.75) is 23.6 Å². The summed E-state index contributed by atoms with van der Waals surface area (Å²) in [5.74, 6) is -1.59. The Hall–Kier alpha value is -2.48. The molecule has 3 N–H and O–H groups in total. The first-order valence-corrected chi connectivity index (χ1v) is 9.81. The van der Waals surface area contributed by atoms with Crippen LogP contribution in [-0.2, 0) is 25.0 Å². The molecule has 0 aliphatic carbocycles. The molecule has 0 spiro atoms. The average Bonchev–Trinajstić information content (AvgIpc) is 2.81. The molecule has 0 fully saturated rings. The molecule has 1 heterocycles. The van der Waals surface area contributed by atoms with E-state index in [-0.39, 0.29) is 17.9 Å². The predicted molar refractivity (Wildman–Crippen MR) is 85.6 cm³/mol. The smallest absolute Gasteiger partial charge is 0.359 e. The van der Waals surface area contributed by atoms with E-state index in [0.717, 1.165) is 6.07 Å². The highest BCUT2D eigenvalue weighted by molar-refractivity contribution is 7.86. The Morgan fingerprint density at radius 1 is 1.19 bits per heavy atom. The van der Waals surface area contributed by atoms with Gasteiger partial charge in [-0.3, -0.25) is 9.11 Å². The standard InChI is InChI=1S/C13H14N2O9S2/c1-3-24-13(17)11-7(2)12(16)15(14-11)9-6-8(25(18,19)20)4-5-10(9)26(21,22)23/h4-6,16H,3H2,1-2H3,(H,18,19,20)(H,21,22,23). The number of carbonyl (C=O) groups is 1. The molecule has 0 aliphatic rings. The molecular formula is C13H14N2O9S2. The van der Waals surface area contributed by atoms with Crippen LogP contribution in [0.4, 0.5) is 0 Å². The van der Waals surface area contributed by atoms with Gasteiger partial charge in [0.2, 0.25) is 5.88 Å². The fraction of sp³-hybridized carbons (Fsp3) is 0.231. The summed E-state index contributed by atoms with van der Waals surface area (Å²) >= 11 is 0. The number of nitrogens with zero attached hydrogens (tertiary/aromatic N) is 2. The summed E-state index contributed by atoms with van der Waals surface area (Å²) in [6.07, 6.45) is 0. The van der Waals surface area contributed by atoms with E-state index in [2.05, 4.69) is 5.10 Å². The van der Waals surface area contributed by atoms with E-state index >= 15 is 0 Å². The lowest BCUT2D eigenvalue weighted by atomic mass is 10.2. The SMILES string of the molecule is CCOC(=O)c1nn(-c2cc(S(=O)(=O)O)ccc2S(=O)(=O)O)c(O)c1C. The summed E-state index contributed by atoms with van der Waals surface area (Å²) in [6, 6.07) is 2.11. The second kappa shape index (κ2) is 6.68. The number of esters is 1. The monoisotopic (exact) mass is 406 g/mol. The van der Waals surface area contributed by atoms with Crippen molar-refractivity contribution in [1.29, 1.82) is 0 Å². The maximum absolute atomic E-state index is 11.9. The minimum atomic E-state index is -4.86. The number of benzene rings is 1. The molecule has 26 heavy (non-hydrogen) atoms. The second-order valence-electron chi connectivity index (χ2n) is 5.01. The van der Waals surface area contributed by atoms with Gasteiger partial charge in [-0.15, -0.1) is 0 Å². The van der Waals surface area contributed by atoms with Crippen molar-refractivity contribution in [2.75, 3.05) is 6.61 Å². The van der Waals surface area contributed by atoms with E-state index in [0.29, 0.717) is 16.8 Å². The summed E-state index contributed by atoms with van der Waals surface area (Å²) in [4.78, 5) is 10.3. The number of hydrogen-bond donors (Lipinski definition) is 3.